The quantitative estimate of drug-likeness (QED) is 0.773. The summed E-state index contributed by atoms with van der Waals surface area (Å²) in [7, 11) is 1.68. The Hall–Kier alpha value is -1.23. The molecule has 0 radical (unpaired) electrons. The molecule has 0 spiro atoms. The summed E-state index contributed by atoms with van der Waals surface area (Å²) in [5.74, 6) is -0.115. The fraction of sp³-hybridized carbons (Fsp3) is 0.632. The maximum absolute atomic E-state index is 12.6. The molecule has 0 saturated carbocycles. The molecule has 1 fully saturated rings. The SMILES string of the molecule is CO[C@@H]([C@@H]1CCCN1)[C@@H](C)C(=O)C[C@H](C)[C@@H](O)c1ccccc1. The van der Waals surface area contributed by atoms with Crippen LogP contribution >= 0.6 is 0 Å². The molecule has 0 bridgehead atoms. The molecule has 2 rings (SSSR count). The van der Waals surface area contributed by atoms with Gasteiger partial charge in [0, 0.05) is 25.5 Å². The van der Waals surface area contributed by atoms with Crippen LogP contribution in [0.1, 0.15) is 44.8 Å². The number of rotatable bonds is 8. The summed E-state index contributed by atoms with van der Waals surface area (Å²) in [6.07, 6.45) is 1.85. The zero-order valence-corrected chi connectivity index (χ0v) is 14.4. The summed E-state index contributed by atoms with van der Waals surface area (Å²) in [5, 5.41) is 13.8. The maximum Gasteiger partial charge on any atom is 0.138 e. The van der Waals surface area contributed by atoms with Crippen molar-refractivity contribution in [3.8, 4) is 0 Å². The van der Waals surface area contributed by atoms with Crippen LogP contribution < -0.4 is 5.32 Å². The monoisotopic (exact) mass is 319 g/mol. The molecule has 0 unspecified atom stereocenters. The molecule has 5 atom stereocenters. The average Bonchev–Trinajstić information content (AvgIpc) is 3.09. The van der Waals surface area contributed by atoms with Crippen molar-refractivity contribution >= 4 is 5.78 Å². The molecule has 1 aromatic carbocycles. The summed E-state index contributed by atoms with van der Waals surface area (Å²) in [6.45, 7) is 4.87. The van der Waals surface area contributed by atoms with Crippen molar-refractivity contribution in [1.82, 2.24) is 5.32 Å². The number of methoxy groups -OCH3 is 1. The lowest BCUT2D eigenvalue weighted by atomic mass is 9.85. The van der Waals surface area contributed by atoms with Gasteiger partial charge in [0.25, 0.3) is 0 Å². The van der Waals surface area contributed by atoms with Crippen molar-refractivity contribution in [3.63, 3.8) is 0 Å². The Kier molecular flexibility index (Phi) is 6.75. The predicted molar refractivity (Wildman–Crippen MR) is 91.2 cm³/mol. The van der Waals surface area contributed by atoms with E-state index in [0.717, 1.165) is 24.9 Å². The van der Waals surface area contributed by atoms with Crippen LogP contribution in [0.5, 0.6) is 0 Å². The van der Waals surface area contributed by atoms with Gasteiger partial charge in [-0.05, 0) is 30.9 Å². The average molecular weight is 319 g/mol. The van der Waals surface area contributed by atoms with Gasteiger partial charge in [-0.3, -0.25) is 4.79 Å². The third-order valence-corrected chi connectivity index (χ3v) is 4.97. The summed E-state index contributed by atoms with van der Waals surface area (Å²) < 4.78 is 5.60. The van der Waals surface area contributed by atoms with E-state index in [2.05, 4.69) is 5.32 Å². The Morgan fingerprint density at radius 3 is 2.61 bits per heavy atom. The first-order valence-corrected chi connectivity index (χ1v) is 8.56. The van der Waals surface area contributed by atoms with Gasteiger partial charge in [-0.2, -0.15) is 0 Å². The fourth-order valence-corrected chi connectivity index (χ4v) is 3.49. The Morgan fingerprint density at radius 1 is 1.35 bits per heavy atom. The van der Waals surface area contributed by atoms with Crippen molar-refractivity contribution in [3.05, 3.63) is 35.9 Å². The van der Waals surface area contributed by atoms with Gasteiger partial charge < -0.3 is 15.2 Å². The molecule has 23 heavy (non-hydrogen) atoms. The smallest absolute Gasteiger partial charge is 0.138 e. The highest BCUT2D eigenvalue weighted by Crippen LogP contribution is 2.27. The number of Topliss-reactive ketones (excluding diaryl/α,β-unsaturated/α-hetero) is 1. The molecule has 1 aliphatic heterocycles. The van der Waals surface area contributed by atoms with E-state index in [0.29, 0.717) is 6.42 Å². The van der Waals surface area contributed by atoms with E-state index >= 15 is 0 Å². The Morgan fingerprint density at radius 2 is 2.04 bits per heavy atom. The first kappa shape index (κ1) is 18.1. The molecule has 4 nitrogen and oxygen atoms in total. The number of aliphatic hydroxyl groups excluding tert-OH is 1. The standard InChI is InChI=1S/C19H29NO3/c1-13(18(22)15-8-5-4-6-9-15)12-17(21)14(2)19(23-3)16-10-7-11-20-16/h4-6,8-9,13-14,16,18-20,22H,7,10-12H2,1-3H3/t13-,14-,16-,18+,19+/m0/s1. The van der Waals surface area contributed by atoms with E-state index in [1.165, 1.54) is 0 Å². The lowest BCUT2D eigenvalue weighted by molar-refractivity contribution is -0.129. The highest BCUT2D eigenvalue weighted by Gasteiger charge is 2.33. The third-order valence-electron chi connectivity index (χ3n) is 4.97. The summed E-state index contributed by atoms with van der Waals surface area (Å²) in [4.78, 5) is 12.6. The van der Waals surface area contributed by atoms with Gasteiger partial charge in [0.05, 0.1) is 12.2 Å². The van der Waals surface area contributed by atoms with Crippen LogP contribution in [0.4, 0.5) is 0 Å². The van der Waals surface area contributed by atoms with Crippen LogP contribution in [0.25, 0.3) is 0 Å². The van der Waals surface area contributed by atoms with Gasteiger partial charge in [0.2, 0.25) is 0 Å². The predicted octanol–water partition coefficient (Wildman–Crippen LogP) is 2.72. The number of ether oxygens (including phenoxy) is 1. The van der Waals surface area contributed by atoms with Crippen molar-refractivity contribution in [1.29, 1.82) is 0 Å². The van der Waals surface area contributed by atoms with Crippen molar-refractivity contribution in [2.24, 2.45) is 11.8 Å². The van der Waals surface area contributed by atoms with Gasteiger partial charge in [-0.25, -0.2) is 0 Å². The molecule has 4 heteroatoms. The lowest BCUT2D eigenvalue weighted by Crippen LogP contribution is -2.43. The number of carbonyl (C=O) groups excluding carboxylic acids is 1. The van der Waals surface area contributed by atoms with E-state index < -0.39 is 6.10 Å². The van der Waals surface area contributed by atoms with Crippen LogP contribution in [0.15, 0.2) is 30.3 Å². The number of ketones is 1. The van der Waals surface area contributed by atoms with Crippen molar-refractivity contribution in [2.75, 3.05) is 13.7 Å². The molecular weight excluding hydrogens is 290 g/mol. The van der Waals surface area contributed by atoms with E-state index in [1.807, 2.05) is 44.2 Å². The number of carbonyl (C=O) groups is 1. The van der Waals surface area contributed by atoms with Crippen molar-refractivity contribution < 1.29 is 14.6 Å². The van der Waals surface area contributed by atoms with Crippen molar-refractivity contribution in [2.45, 2.75) is 51.4 Å². The number of hydrogen-bond donors (Lipinski definition) is 2. The van der Waals surface area contributed by atoms with Gasteiger partial charge in [-0.1, -0.05) is 44.2 Å². The summed E-state index contributed by atoms with van der Waals surface area (Å²) in [5.41, 5.74) is 0.862. The number of aliphatic hydroxyl groups is 1. The highest BCUT2D eigenvalue weighted by atomic mass is 16.5. The second-order valence-electron chi connectivity index (χ2n) is 6.70. The van der Waals surface area contributed by atoms with E-state index in [4.69, 9.17) is 4.74 Å². The van der Waals surface area contributed by atoms with E-state index in [9.17, 15) is 9.90 Å². The second-order valence-corrected chi connectivity index (χ2v) is 6.70. The van der Waals surface area contributed by atoms with Crippen LogP contribution in [-0.4, -0.2) is 36.7 Å². The van der Waals surface area contributed by atoms with Gasteiger partial charge >= 0.3 is 0 Å². The van der Waals surface area contributed by atoms with E-state index in [-0.39, 0.29) is 29.8 Å². The molecule has 1 saturated heterocycles. The first-order chi connectivity index (χ1) is 11.0. The molecule has 0 amide bonds. The number of hydrogen-bond acceptors (Lipinski definition) is 4. The number of nitrogens with one attached hydrogen (secondary N) is 1. The van der Waals surface area contributed by atoms with Crippen LogP contribution in [-0.2, 0) is 9.53 Å². The summed E-state index contributed by atoms with van der Waals surface area (Å²) in [6, 6.07) is 9.79. The molecule has 2 N–H and O–H groups in total. The lowest BCUT2D eigenvalue weighted by Gasteiger charge is -2.28. The zero-order valence-electron chi connectivity index (χ0n) is 14.4. The maximum atomic E-state index is 12.6. The summed E-state index contributed by atoms with van der Waals surface area (Å²) >= 11 is 0. The highest BCUT2D eigenvalue weighted by molar-refractivity contribution is 5.81. The van der Waals surface area contributed by atoms with Crippen LogP contribution in [0, 0.1) is 11.8 Å². The third kappa shape index (κ3) is 4.63. The minimum absolute atomic E-state index is 0.0916. The molecule has 128 valence electrons. The van der Waals surface area contributed by atoms with E-state index in [1.54, 1.807) is 7.11 Å². The zero-order chi connectivity index (χ0) is 16.8. The normalized spacial score (nSPS) is 23.2. The number of benzene rings is 1. The second kappa shape index (κ2) is 8.57. The first-order valence-electron chi connectivity index (χ1n) is 8.56. The topological polar surface area (TPSA) is 58.6 Å². The molecule has 0 aliphatic carbocycles. The molecular formula is C19H29NO3. The Bertz CT molecular complexity index is 485. The largest absolute Gasteiger partial charge is 0.388 e. The Labute approximate surface area is 139 Å². The van der Waals surface area contributed by atoms with Gasteiger partial charge in [0.1, 0.15) is 5.78 Å². The minimum atomic E-state index is -0.613. The van der Waals surface area contributed by atoms with Gasteiger partial charge in [-0.15, -0.1) is 0 Å². The minimum Gasteiger partial charge on any atom is -0.388 e. The molecule has 1 aromatic rings. The van der Waals surface area contributed by atoms with Crippen LogP contribution in [0.2, 0.25) is 0 Å². The molecule has 1 aliphatic rings. The Balaban J connectivity index is 1.94. The van der Waals surface area contributed by atoms with Crippen LogP contribution in [0.3, 0.4) is 0 Å². The molecule has 0 aromatic heterocycles. The van der Waals surface area contributed by atoms with Gasteiger partial charge in [0.15, 0.2) is 0 Å². The fourth-order valence-electron chi connectivity index (χ4n) is 3.49. The molecule has 1 heterocycles.